The van der Waals surface area contributed by atoms with Crippen molar-refractivity contribution in [1.29, 1.82) is 5.26 Å². The van der Waals surface area contributed by atoms with E-state index in [1.165, 1.54) is 0 Å². The first-order valence-corrected chi connectivity index (χ1v) is 5.03. The summed E-state index contributed by atoms with van der Waals surface area (Å²) in [4.78, 5) is 0. The normalized spacial score (nSPS) is 38.8. The number of hydrogen-bond donors (Lipinski definition) is 0. The van der Waals surface area contributed by atoms with Gasteiger partial charge >= 0.3 is 0 Å². The second-order valence-corrected chi connectivity index (χ2v) is 4.07. The Labute approximate surface area is 79.2 Å². The summed E-state index contributed by atoms with van der Waals surface area (Å²) in [5.74, 6) is 0.234. The monoisotopic (exact) mass is 177 g/mol. The Morgan fingerprint density at radius 1 is 1.38 bits per heavy atom. The van der Waals surface area contributed by atoms with Crippen molar-refractivity contribution in [2.75, 3.05) is 6.61 Å². The molecule has 13 heavy (non-hydrogen) atoms. The van der Waals surface area contributed by atoms with Crippen LogP contribution < -0.4 is 0 Å². The molecule has 1 heterocycles. The number of rotatable bonds is 0. The second-order valence-electron chi connectivity index (χ2n) is 4.07. The molecule has 1 aliphatic heterocycles. The number of nitriles is 1. The van der Waals surface area contributed by atoms with Gasteiger partial charge in [0.15, 0.2) is 0 Å². The fourth-order valence-corrected chi connectivity index (χ4v) is 2.39. The van der Waals surface area contributed by atoms with Crippen LogP contribution in [0.25, 0.3) is 0 Å². The molecule has 2 heteroatoms. The van der Waals surface area contributed by atoms with Gasteiger partial charge in [0, 0.05) is 5.92 Å². The molecular weight excluding hydrogens is 162 g/mol. The van der Waals surface area contributed by atoms with Crippen LogP contribution in [-0.4, -0.2) is 12.2 Å². The Kier molecular flexibility index (Phi) is 2.37. The minimum atomic E-state index is 0.0455. The van der Waals surface area contributed by atoms with E-state index < -0.39 is 0 Å². The molecule has 0 bridgehead atoms. The Morgan fingerprint density at radius 2 is 2.31 bits per heavy atom. The molecule has 1 aliphatic carbocycles. The Morgan fingerprint density at radius 3 is 3.08 bits per heavy atom. The maximum Gasteiger partial charge on any atom is 0.0702 e. The topological polar surface area (TPSA) is 33.0 Å². The molecule has 70 valence electrons. The quantitative estimate of drug-likeness (QED) is 0.532. The van der Waals surface area contributed by atoms with Crippen molar-refractivity contribution in [2.45, 2.75) is 37.7 Å². The van der Waals surface area contributed by atoms with Crippen LogP contribution in [-0.2, 0) is 4.74 Å². The molecule has 0 amide bonds. The summed E-state index contributed by atoms with van der Waals surface area (Å²) in [5, 5.41) is 8.83. The van der Waals surface area contributed by atoms with Crippen molar-refractivity contribution in [2.24, 2.45) is 5.92 Å². The van der Waals surface area contributed by atoms with Gasteiger partial charge in [-0.2, -0.15) is 5.26 Å². The molecule has 0 N–H and O–H groups in total. The van der Waals surface area contributed by atoms with Gasteiger partial charge in [-0.25, -0.2) is 0 Å². The van der Waals surface area contributed by atoms with Gasteiger partial charge in [0.25, 0.3) is 0 Å². The zero-order valence-electron chi connectivity index (χ0n) is 7.83. The van der Waals surface area contributed by atoms with E-state index in [-0.39, 0.29) is 11.5 Å². The highest BCUT2D eigenvalue weighted by Crippen LogP contribution is 2.41. The van der Waals surface area contributed by atoms with E-state index in [0.29, 0.717) is 0 Å². The van der Waals surface area contributed by atoms with E-state index in [2.05, 4.69) is 18.2 Å². The lowest BCUT2D eigenvalue weighted by atomic mass is 9.95. The lowest BCUT2D eigenvalue weighted by Gasteiger charge is -2.27. The molecule has 0 saturated heterocycles. The van der Waals surface area contributed by atoms with Crippen molar-refractivity contribution < 1.29 is 4.74 Å². The number of ether oxygens (including phenoxy) is 1. The van der Waals surface area contributed by atoms with Crippen LogP contribution in [0.4, 0.5) is 0 Å². The highest BCUT2D eigenvalue weighted by Gasteiger charge is 2.39. The predicted octanol–water partition coefficient (Wildman–Crippen LogP) is 2.42. The van der Waals surface area contributed by atoms with Crippen molar-refractivity contribution >= 4 is 0 Å². The first-order chi connectivity index (χ1) is 6.35. The molecule has 2 aliphatic rings. The van der Waals surface area contributed by atoms with Crippen molar-refractivity contribution in [3.05, 3.63) is 12.2 Å². The molecule has 2 rings (SSSR count). The molecule has 2 unspecified atom stereocenters. The molecule has 0 radical (unpaired) electrons. The highest BCUT2D eigenvalue weighted by molar-refractivity contribution is 5.02. The largest absolute Gasteiger partial charge is 0.371 e. The van der Waals surface area contributed by atoms with E-state index in [1.807, 2.05) is 0 Å². The van der Waals surface area contributed by atoms with Crippen LogP contribution in [0.15, 0.2) is 12.2 Å². The van der Waals surface area contributed by atoms with Gasteiger partial charge in [0.2, 0.25) is 0 Å². The first kappa shape index (κ1) is 8.77. The zero-order chi connectivity index (χ0) is 9.15. The van der Waals surface area contributed by atoms with E-state index in [4.69, 9.17) is 10.00 Å². The number of allylic oxidation sites excluding steroid dienone is 1. The summed E-state index contributed by atoms with van der Waals surface area (Å²) in [5.41, 5.74) is 0.0455. The van der Waals surface area contributed by atoms with Gasteiger partial charge in [-0.15, -0.1) is 0 Å². The summed E-state index contributed by atoms with van der Waals surface area (Å²) < 4.78 is 5.85. The van der Waals surface area contributed by atoms with Gasteiger partial charge < -0.3 is 4.74 Å². The smallest absolute Gasteiger partial charge is 0.0702 e. The van der Waals surface area contributed by atoms with Gasteiger partial charge in [0.1, 0.15) is 0 Å². The Balaban J connectivity index is 2.02. The molecule has 1 saturated carbocycles. The molecule has 1 fully saturated rings. The molecule has 0 aromatic heterocycles. The van der Waals surface area contributed by atoms with E-state index in [9.17, 15) is 0 Å². The van der Waals surface area contributed by atoms with Crippen molar-refractivity contribution in [3.63, 3.8) is 0 Å². The van der Waals surface area contributed by atoms with Crippen LogP contribution in [0.2, 0.25) is 0 Å². The average Bonchev–Trinajstić information content (AvgIpc) is 2.40. The zero-order valence-corrected chi connectivity index (χ0v) is 7.83. The lowest BCUT2D eigenvalue weighted by Crippen LogP contribution is -2.28. The van der Waals surface area contributed by atoms with E-state index >= 15 is 0 Å². The SMILES string of the molecule is N#CC1CCC2(CCC=CCO2)C1. The predicted molar refractivity (Wildman–Crippen MR) is 50.0 cm³/mol. The summed E-state index contributed by atoms with van der Waals surface area (Å²) in [6.07, 6.45) is 9.54. The fraction of sp³-hybridized carbons (Fsp3) is 0.727. The summed E-state index contributed by atoms with van der Waals surface area (Å²) in [6.45, 7) is 0.734. The molecule has 0 aromatic rings. The molecule has 2 atom stereocenters. The molecule has 0 aromatic carbocycles. The summed E-state index contributed by atoms with van der Waals surface area (Å²) in [6, 6.07) is 2.36. The third-order valence-electron chi connectivity index (χ3n) is 3.17. The van der Waals surface area contributed by atoms with Gasteiger partial charge in [-0.05, 0) is 32.1 Å². The highest BCUT2D eigenvalue weighted by atomic mass is 16.5. The van der Waals surface area contributed by atoms with Crippen molar-refractivity contribution in [1.82, 2.24) is 0 Å². The average molecular weight is 177 g/mol. The van der Waals surface area contributed by atoms with Crippen molar-refractivity contribution in [3.8, 4) is 6.07 Å². The Hall–Kier alpha value is -0.810. The standard InChI is InChI=1S/C11H15NO/c12-9-10-4-6-11(8-10)5-2-1-3-7-13-11/h1,3,10H,2,4-8H2. The van der Waals surface area contributed by atoms with Gasteiger partial charge in [0.05, 0.1) is 18.3 Å². The van der Waals surface area contributed by atoms with Crippen LogP contribution >= 0.6 is 0 Å². The third-order valence-corrected chi connectivity index (χ3v) is 3.17. The summed E-state index contributed by atoms with van der Waals surface area (Å²) >= 11 is 0. The molecule has 2 nitrogen and oxygen atoms in total. The van der Waals surface area contributed by atoms with Gasteiger partial charge in [-0.1, -0.05) is 12.2 Å². The Bertz CT molecular complexity index is 241. The maximum absolute atomic E-state index is 8.83. The number of hydrogen-bond acceptors (Lipinski definition) is 2. The van der Waals surface area contributed by atoms with Crippen LogP contribution in [0, 0.1) is 17.2 Å². The maximum atomic E-state index is 8.83. The first-order valence-electron chi connectivity index (χ1n) is 5.03. The second kappa shape index (κ2) is 3.51. The fourth-order valence-electron chi connectivity index (χ4n) is 2.39. The summed E-state index contributed by atoms with van der Waals surface area (Å²) in [7, 11) is 0. The molecule has 1 spiro atoms. The minimum absolute atomic E-state index is 0.0455. The van der Waals surface area contributed by atoms with Crippen LogP contribution in [0.5, 0.6) is 0 Å². The lowest BCUT2D eigenvalue weighted by molar-refractivity contribution is -0.0295. The third kappa shape index (κ3) is 1.76. The van der Waals surface area contributed by atoms with E-state index in [0.717, 1.165) is 38.7 Å². The van der Waals surface area contributed by atoms with Gasteiger partial charge in [-0.3, -0.25) is 0 Å². The van der Waals surface area contributed by atoms with Crippen LogP contribution in [0.3, 0.4) is 0 Å². The minimum Gasteiger partial charge on any atom is -0.371 e. The van der Waals surface area contributed by atoms with E-state index in [1.54, 1.807) is 0 Å². The van der Waals surface area contributed by atoms with Crippen LogP contribution in [0.1, 0.15) is 32.1 Å². The molecular formula is C11H15NO. The number of nitrogens with zero attached hydrogens (tertiary/aromatic N) is 1.